The zero-order valence-electron chi connectivity index (χ0n) is 14.5. The number of carbonyl (C=O) groups excluding carboxylic acids is 1. The van der Waals surface area contributed by atoms with Gasteiger partial charge in [0.2, 0.25) is 5.95 Å². The van der Waals surface area contributed by atoms with Gasteiger partial charge in [-0.1, -0.05) is 30.5 Å². The molecule has 0 spiro atoms. The average molecular weight is 337 g/mol. The molecule has 1 aliphatic carbocycles. The SMILES string of the molecule is Cc1ccc(OC(=O)[C@@H]2C[C@@H]3CCCC[C@H]3N2c2ncccn2)cc1. The molecule has 5 heteroatoms. The molecular weight excluding hydrogens is 314 g/mol. The molecule has 3 atom stereocenters. The summed E-state index contributed by atoms with van der Waals surface area (Å²) in [6.45, 7) is 2.02. The second-order valence-electron chi connectivity index (χ2n) is 7.05. The van der Waals surface area contributed by atoms with Crippen molar-refractivity contribution in [1.82, 2.24) is 9.97 Å². The summed E-state index contributed by atoms with van der Waals surface area (Å²) in [5, 5.41) is 0. The number of esters is 1. The zero-order valence-corrected chi connectivity index (χ0v) is 14.5. The summed E-state index contributed by atoms with van der Waals surface area (Å²) in [5.74, 6) is 1.56. The van der Waals surface area contributed by atoms with E-state index >= 15 is 0 Å². The van der Waals surface area contributed by atoms with Crippen molar-refractivity contribution in [3.63, 3.8) is 0 Å². The minimum absolute atomic E-state index is 0.203. The van der Waals surface area contributed by atoms with Gasteiger partial charge in [-0.15, -0.1) is 0 Å². The number of carbonyl (C=O) groups is 1. The third-order valence-electron chi connectivity index (χ3n) is 5.38. The third kappa shape index (κ3) is 3.23. The van der Waals surface area contributed by atoms with Crippen molar-refractivity contribution in [3.05, 3.63) is 48.3 Å². The molecule has 4 rings (SSSR count). The lowest BCUT2D eigenvalue weighted by Gasteiger charge is -2.33. The molecule has 0 amide bonds. The van der Waals surface area contributed by atoms with Crippen molar-refractivity contribution in [3.8, 4) is 5.75 Å². The number of fused-ring (bicyclic) bond motifs is 1. The van der Waals surface area contributed by atoms with Crippen LogP contribution in [0.5, 0.6) is 5.75 Å². The standard InChI is InChI=1S/C20H23N3O2/c1-14-7-9-16(10-8-14)25-19(24)18-13-15-5-2-3-6-17(15)23(18)20-21-11-4-12-22-20/h4,7-12,15,17-18H,2-3,5-6,13H2,1H3/t15-,17+,18-/m0/s1. The van der Waals surface area contributed by atoms with Gasteiger partial charge in [0.15, 0.2) is 0 Å². The van der Waals surface area contributed by atoms with E-state index in [1.165, 1.54) is 19.3 Å². The van der Waals surface area contributed by atoms with E-state index in [1.54, 1.807) is 18.5 Å². The van der Waals surface area contributed by atoms with Gasteiger partial charge in [0.1, 0.15) is 11.8 Å². The smallest absolute Gasteiger partial charge is 0.334 e. The monoisotopic (exact) mass is 337 g/mol. The predicted molar refractivity (Wildman–Crippen MR) is 95.5 cm³/mol. The summed E-state index contributed by atoms with van der Waals surface area (Å²) in [6.07, 6.45) is 9.00. The number of nitrogens with zero attached hydrogens (tertiary/aromatic N) is 3. The molecule has 1 aromatic carbocycles. The quantitative estimate of drug-likeness (QED) is 0.633. The fourth-order valence-electron chi connectivity index (χ4n) is 4.17. The van der Waals surface area contributed by atoms with E-state index in [0.29, 0.717) is 23.7 Å². The number of ether oxygens (including phenoxy) is 1. The van der Waals surface area contributed by atoms with Crippen LogP contribution in [0.25, 0.3) is 0 Å². The molecule has 2 aromatic rings. The van der Waals surface area contributed by atoms with Crippen molar-refractivity contribution in [2.24, 2.45) is 5.92 Å². The maximum atomic E-state index is 12.9. The van der Waals surface area contributed by atoms with E-state index in [-0.39, 0.29) is 12.0 Å². The highest BCUT2D eigenvalue weighted by Crippen LogP contribution is 2.41. The second-order valence-corrected chi connectivity index (χ2v) is 7.05. The van der Waals surface area contributed by atoms with Crippen LogP contribution in [0.2, 0.25) is 0 Å². The maximum absolute atomic E-state index is 12.9. The summed E-state index contributed by atoms with van der Waals surface area (Å²) in [4.78, 5) is 23.8. The van der Waals surface area contributed by atoms with Crippen LogP contribution in [0, 0.1) is 12.8 Å². The first-order chi connectivity index (χ1) is 12.2. The van der Waals surface area contributed by atoms with E-state index in [4.69, 9.17) is 4.74 Å². The molecule has 1 aliphatic heterocycles. The van der Waals surface area contributed by atoms with Crippen LogP contribution in [0.4, 0.5) is 5.95 Å². The second kappa shape index (κ2) is 6.82. The first-order valence-corrected chi connectivity index (χ1v) is 9.06. The molecule has 2 fully saturated rings. The molecule has 2 aliphatic rings. The Labute approximate surface area is 148 Å². The lowest BCUT2D eigenvalue weighted by atomic mass is 9.85. The van der Waals surface area contributed by atoms with Crippen molar-refractivity contribution in [2.45, 2.75) is 51.1 Å². The van der Waals surface area contributed by atoms with E-state index in [1.807, 2.05) is 31.2 Å². The van der Waals surface area contributed by atoms with Gasteiger partial charge in [-0.05, 0) is 50.3 Å². The van der Waals surface area contributed by atoms with Crippen LogP contribution in [0.3, 0.4) is 0 Å². The van der Waals surface area contributed by atoms with Crippen LogP contribution < -0.4 is 9.64 Å². The fraction of sp³-hybridized carbons (Fsp3) is 0.450. The molecule has 0 bridgehead atoms. The molecule has 1 saturated heterocycles. The van der Waals surface area contributed by atoms with Gasteiger partial charge in [0.05, 0.1) is 0 Å². The largest absolute Gasteiger partial charge is 0.425 e. The number of benzene rings is 1. The van der Waals surface area contributed by atoms with Crippen LogP contribution in [-0.2, 0) is 4.79 Å². The number of hydrogen-bond acceptors (Lipinski definition) is 5. The van der Waals surface area contributed by atoms with Gasteiger partial charge >= 0.3 is 5.97 Å². The van der Waals surface area contributed by atoms with E-state index in [2.05, 4.69) is 14.9 Å². The Hall–Kier alpha value is -2.43. The highest BCUT2D eigenvalue weighted by Gasteiger charge is 2.47. The van der Waals surface area contributed by atoms with Crippen molar-refractivity contribution >= 4 is 11.9 Å². The lowest BCUT2D eigenvalue weighted by molar-refractivity contribution is -0.135. The number of aryl methyl sites for hydroxylation is 1. The van der Waals surface area contributed by atoms with Gasteiger partial charge in [-0.2, -0.15) is 0 Å². The van der Waals surface area contributed by atoms with Gasteiger partial charge in [-0.25, -0.2) is 14.8 Å². The first-order valence-electron chi connectivity index (χ1n) is 9.06. The maximum Gasteiger partial charge on any atom is 0.334 e. The van der Waals surface area contributed by atoms with Crippen molar-refractivity contribution in [1.29, 1.82) is 0 Å². The topological polar surface area (TPSA) is 55.3 Å². The molecule has 25 heavy (non-hydrogen) atoms. The zero-order chi connectivity index (χ0) is 17.2. The molecule has 0 radical (unpaired) electrons. The molecular formula is C20H23N3O2. The van der Waals surface area contributed by atoms with Crippen LogP contribution in [0.1, 0.15) is 37.7 Å². The summed E-state index contributed by atoms with van der Waals surface area (Å²) in [5.41, 5.74) is 1.14. The Kier molecular flexibility index (Phi) is 4.38. The summed E-state index contributed by atoms with van der Waals surface area (Å²) in [7, 11) is 0. The molecule has 2 heterocycles. The van der Waals surface area contributed by atoms with Crippen molar-refractivity contribution in [2.75, 3.05) is 4.90 Å². The number of hydrogen-bond donors (Lipinski definition) is 0. The lowest BCUT2D eigenvalue weighted by Crippen LogP contribution is -2.44. The van der Waals surface area contributed by atoms with Gasteiger partial charge in [-0.3, -0.25) is 0 Å². The molecule has 1 saturated carbocycles. The summed E-state index contributed by atoms with van der Waals surface area (Å²) >= 11 is 0. The summed E-state index contributed by atoms with van der Waals surface area (Å²) in [6, 6.07) is 9.43. The Balaban J connectivity index is 1.59. The Morgan fingerprint density at radius 1 is 1.12 bits per heavy atom. The molecule has 0 unspecified atom stereocenters. The minimum Gasteiger partial charge on any atom is -0.425 e. The van der Waals surface area contributed by atoms with Gasteiger partial charge < -0.3 is 9.64 Å². The van der Waals surface area contributed by atoms with Crippen LogP contribution >= 0.6 is 0 Å². The number of aromatic nitrogens is 2. The van der Waals surface area contributed by atoms with Gasteiger partial charge in [0, 0.05) is 18.4 Å². The predicted octanol–water partition coefficient (Wildman–Crippen LogP) is 3.53. The average Bonchev–Trinajstić information content (AvgIpc) is 3.04. The molecule has 130 valence electrons. The Bertz CT molecular complexity index is 732. The van der Waals surface area contributed by atoms with E-state index in [0.717, 1.165) is 18.4 Å². The molecule has 5 nitrogen and oxygen atoms in total. The van der Waals surface area contributed by atoms with Gasteiger partial charge in [0.25, 0.3) is 0 Å². The Morgan fingerprint density at radius 3 is 2.60 bits per heavy atom. The highest BCUT2D eigenvalue weighted by molar-refractivity contribution is 5.82. The summed E-state index contributed by atoms with van der Waals surface area (Å²) < 4.78 is 5.67. The van der Waals surface area contributed by atoms with Crippen LogP contribution in [0.15, 0.2) is 42.7 Å². The van der Waals surface area contributed by atoms with E-state index in [9.17, 15) is 4.79 Å². The third-order valence-corrected chi connectivity index (χ3v) is 5.38. The van der Waals surface area contributed by atoms with Crippen LogP contribution in [-0.4, -0.2) is 28.0 Å². The first kappa shape index (κ1) is 16.1. The minimum atomic E-state index is -0.309. The fourth-order valence-corrected chi connectivity index (χ4v) is 4.17. The highest BCUT2D eigenvalue weighted by atomic mass is 16.5. The normalized spacial score (nSPS) is 25.5. The number of anilines is 1. The number of rotatable bonds is 3. The molecule has 1 aromatic heterocycles. The Morgan fingerprint density at radius 2 is 1.84 bits per heavy atom. The van der Waals surface area contributed by atoms with E-state index < -0.39 is 0 Å². The van der Waals surface area contributed by atoms with Crippen molar-refractivity contribution < 1.29 is 9.53 Å². The molecule has 0 N–H and O–H groups in total.